The van der Waals surface area contributed by atoms with Crippen molar-refractivity contribution in [2.24, 2.45) is 0 Å². The lowest BCUT2D eigenvalue weighted by Gasteiger charge is -2.08. The summed E-state index contributed by atoms with van der Waals surface area (Å²) in [4.78, 5) is 14.2. The van der Waals surface area contributed by atoms with E-state index in [1.807, 2.05) is 73.7 Å². The number of nitrogens with zero attached hydrogens (tertiary/aromatic N) is 3. The predicted octanol–water partition coefficient (Wildman–Crippen LogP) is 4.54. The van der Waals surface area contributed by atoms with Gasteiger partial charge in [-0.1, -0.05) is 37.3 Å². The Bertz CT molecular complexity index is 1100. The van der Waals surface area contributed by atoms with Crippen molar-refractivity contribution in [2.75, 3.05) is 5.32 Å². The molecule has 0 aliphatic carbocycles. The fraction of sp³-hybridized carbons (Fsp3) is 0.136. The molecule has 4 aromatic rings. The average molecular weight is 356 g/mol. The van der Waals surface area contributed by atoms with Gasteiger partial charge in [-0.25, -0.2) is 0 Å². The molecule has 5 heteroatoms. The Morgan fingerprint density at radius 1 is 0.963 bits per heavy atom. The maximum atomic E-state index is 12.6. The summed E-state index contributed by atoms with van der Waals surface area (Å²) in [6.45, 7) is 4.05. The standard InChI is InChI=1S/C22H20N4O/c1-3-16-9-11-17(12-10-16)22(27)23-19-14-21-20(13-15(19)2)24-26(25-21)18-7-5-4-6-8-18/h4-14H,3H2,1-2H3,(H,23,27). The zero-order valence-corrected chi connectivity index (χ0v) is 15.3. The summed E-state index contributed by atoms with van der Waals surface area (Å²) in [6.07, 6.45) is 0.953. The van der Waals surface area contributed by atoms with E-state index in [4.69, 9.17) is 0 Å². The van der Waals surface area contributed by atoms with E-state index in [9.17, 15) is 4.79 Å². The number of nitrogens with one attached hydrogen (secondary N) is 1. The van der Waals surface area contributed by atoms with Crippen LogP contribution < -0.4 is 5.32 Å². The van der Waals surface area contributed by atoms with Crippen molar-refractivity contribution in [1.29, 1.82) is 0 Å². The Kier molecular flexibility index (Phi) is 4.42. The van der Waals surface area contributed by atoms with E-state index in [1.54, 1.807) is 4.80 Å². The fourth-order valence-corrected chi connectivity index (χ4v) is 2.97. The molecule has 0 aliphatic rings. The van der Waals surface area contributed by atoms with Crippen molar-refractivity contribution in [3.05, 3.63) is 83.4 Å². The van der Waals surface area contributed by atoms with Crippen LogP contribution in [0.2, 0.25) is 0 Å². The summed E-state index contributed by atoms with van der Waals surface area (Å²) in [6, 6.07) is 21.2. The number of aromatic nitrogens is 3. The van der Waals surface area contributed by atoms with Crippen LogP contribution in [0.25, 0.3) is 16.7 Å². The van der Waals surface area contributed by atoms with Crippen LogP contribution in [0.5, 0.6) is 0 Å². The number of anilines is 1. The lowest BCUT2D eigenvalue weighted by molar-refractivity contribution is 0.102. The third kappa shape index (κ3) is 3.44. The molecule has 0 spiro atoms. The zero-order valence-electron chi connectivity index (χ0n) is 15.3. The minimum atomic E-state index is -0.129. The number of rotatable bonds is 4. The van der Waals surface area contributed by atoms with E-state index < -0.39 is 0 Å². The fourth-order valence-electron chi connectivity index (χ4n) is 2.97. The Morgan fingerprint density at radius 3 is 2.30 bits per heavy atom. The van der Waals surface area contributed by atoms with Gasteiger partial charge < -0.3 is 5.32 Å². The van der Waals surface area contributed by atoms with Crippen LogP contribution in [0.15, 0.2) is 66.7 Å². The first kappa shape index (κ1) is 17.0. The molecule has 27 heavy (non-hydrogen) atoms. The number of hydrogen-bond donors (Lipinski definition) is 1. The van der Waals surface area contributed by atoms with Gasteiger partial charge in [0.25, 0.3) is 5.91 Å². The van der Waals surface area contributed by atoms with Crippen LogP contribution in [0.1, 0.15) is 28.4 Å². The molecule has 0 saturated heterocycles. The van der Waals surface area contributed by atoms with Gasteiger partial charge in [0, 0.05) is 11.3 Å². The summed E-state index contributed by atoms with van der Waals surface area (Å²) < 4.78 is 0. The summed E-state index contributed by atoms with van der Waals surface area (Å²) in [5.74, 6) is -0.129. The zero-order chi connectivity index (χ0) is 18.8. The van der Waals surface area contributed by atoms with Gasteiger partial charge in [0.05, 0.1) is 5.69 Å². The van der Waals surface area contributed by atoms with Gasteiger partial charge >= 0.3 is 0 Å². The summed E-state index contributed by atoms with van der Waals surface area (Å²) in [5, 5.41) is 12.1. The highest BCUT2D eigenvalue weighted by atomic mass is 16.1. The molecule has 1 N–H and O–H groups in total. The van der Waals surface area contributed by atoms with Gasteiger partial charge in [0.15, 0.2) is 0 Å². The SMILES string of the molecule is CCc1ccc(C(=O)Nc2cc3nn(-c4ccccc4)nc3cc2C)cc1. The third-order valence-corrected chi connectivity index (χ3v) is 4.59. The smallest absolute Gasteiger partial charge is 0.255 e. The van der Waals surface area contributed by atoms with Crippen molar-refractivity contribution < 1.29 is 4.79 Å². The molecule has 0 radical (unpaired) electrons. The molecule has 0 unspecified atom stereocenters. The lowest BCUT2D eigenvalue weighted by Crippen LogP contribution is -2.12. The molecule has 1 amide bonds. The molecule has 0 bridgehead atoms. The van der Waals surface area contributed by atoms with Gasteiger partial charge in [-0.05, 0) is 60.9 Å². The number of carbonyl (C=O) groups excluding carboxylic acids is 1. The van der Waals surface area contributed by atoms with Crippen LogP contribution in [0.3, 0.4) is 0 Å². The van der Waals surface area contributed by atoms with E-state index in [0.717, 1.165) is 34.4 Å². The van der Waals surface area contributed by atoms with Crippen molar-refractivity contribution in [2.45, 2.75) is 20.3 Å². The summed E-state index contributed by atoms with van der Waals surface area (Å²) >= 11 is 0. The molecular formula is C22H20N4O. The molecule has 1 aromatic heterocycles. The summed E-state index contributed by atoms with van der Waals surface area (Å²) in [7, 11) is 0. The number of para-hydroxylation sites is 1. The first-order chi connectivity index (χ1) is 13.1. The van der Waals surface area contributed by atoms with E-state index >= 15 is 0 Å². The number of aryl methyl sites for hydroxylation is 2. The highest BCUT2D eigenvalue weighted by molar-refractivity contribution is 6.05. The van der Waals surface area contributed by atoms with E-state index in [1.165, 1.54) is 5.56 Å². The molecule has 1 heterocycles. The van der Waals surface area contributed by atoms with Gasteiger partial charge in [0.2, 0.25) is 0 Å². The molecule has 5 nitrogen and oxygen atoms in total. The van der Waals surface area contributed by atoms with E-state index in [-0.39, 0.29) is 5.91 Å². The lowest BCUT2D eigenvalue weighted by atomic mass is 10.1. The van der Waals surface area contributed by atoms with E-state index in [2.05, 4.69) is 22.4 Å². The van der Waals surface area contributed by atoms with E-state index in [0.29, 0.717) is 5.56 Å². The second-order valence-corrected chi connectivity index (χ2v) is 6.49. The largest absolute Gasteiger partial charge is 0.322 e. The van der Waals surface area contributed by atoms with Gasteiger partial charge in [-0.15, -0.1) is 10.2 Å². The molecule has 0 atom stereocenters. The Balaban J connectivity index is 1.63. The minimum Gasteiger partial charge on any atom is -0.322 e. The first-order valence-electron chi connectivity index (χ1n) is 8.97. The number of benzene rings is 3. The van der Waals surface area contributed by atoms with Gasteiger partial charge in [0.1, 0.15) is 11.0 Å². The maximum Gasteiger partial charge on any atom is 0.255 e. The third-order valence-electron chi connectivity index (χ3n) is 4.59. The summed E-state index contributed by atoms with van der Waals surface area (Å²) in [5.41, 5.74) is 5.96. The quantitative estimate of drug-likeness (QED) is 0.584. The van der Waals surface area contributed by atoms with Crippen LogP contribution in [0, 0.1) is 6.92 Å². The van der Waals surface area contributed by atoms with Crippen molar-refractivity contribution in [3.63, 3.8) is 0 Å². The minimum absolute atomic E-state index is 0.129. The topological polar surface area (TPSA) is 59.8 Å². The molecular weight excluding hydrogens is 336 g/mol. The average Bonchev–Trinajstić information content (AvgIpc) is 3.11. The van der Waals surface area contributed by atoms with Crippen LogP contribution in [0.4, 0.5) is 5.69 Å². The highest BCUT2D eigenvalue weighted by Crippen LogP contribution is 2.23. The van der Waals surface area contributed by atoms with Crippen LogP contribution in [-0.2, 0) is 6.42 Å². The normalized spacial score (nSPS) is 10.9. The monoisotopic (exact) mass is 356 g/mol. The highest BCUT2D eigenvalue weighted by Gasteiger charge is 2.12. The van der Waals surface area contributed by atoms with Crippen LogP contribution >= 0.6 is 0 Å². The van der Waals surface area contributed by atoms with Gasteiger partial charge in [-0.2, -0.15) is 4.80 Å². The van der Waals surface area contributed by atoms with Crippen LogP contribution in [-0.4, -0.2) is 20.9 Å². The number of carbonyl (C=O) groups is 1. The van der Waals surface area contributed by atoms with Crippen molar-refractivity contribution in [3.8, 4) is 5.69 Å². The second-order valence-electron chi connectivity index (χ2n) is 6.49. The van der Waals surface area contributed by atoms with Crippen molar-refractivity contribution >= 4 is 22.6 Å². The number of amides is 1. The molecule has 134 valence electrons. The number of fused-ring (bicyclic) bond motifs is 1. The Morgan fingerprint density at radius 2 is 1.63 bits per heavy atom. The molecule has 0 fully saturated rings. The maximum absolute atomic E-state index is 12.6. The molecule has 4 rings (SSSR count). The number of hydrogen-bond acceptors (Lipinski definition) is 3. The second kappa shape index (κ2) is 7.03. The molecule has 0 saturated carbocycles. The van der Waals surface area contributed by atoms with Gasteiger partial charge in [-0.3, -0.25) is 4.79 Å². The Hall–Kier alpha value is -3.47. The molecule has 0 aliphatic heterocycles. The first-order valence-corrected chi connectivity index (χ1v) is 8.97. The predicted molar refractivity (Wildman–Crippen MR) is 107 cm³/mol. The Labute approximate surface area is 157 Å². The van der Waals surface area contributed by atoms with Crippen molar-refractivity contribution in [1.82, 2.24) is 15.0 Å². The molecule has 3 aromatic carbocycles.